The molecule has 100 valence electrons. The third kappa shape index (κ3) is 3.96. The summed E-state index contributed by atoms with van der Waals surface area (Å²) in [5.41, 5.74) is 2.23. The van der Waals surface area contributed by atoms with Crippen LogP contribution in [0.2, 0.25) is 39.3 Å². The Labute approximate surface area is 115 Å². The van der Waals surface area contributed by atoms with Crippen molar-refractivity contribution in [3.63, 3.8) is 0 Å². The van der Waals surface area contributed by atoms with Gasteiger partial charge in [0.15, 0.2) is 0 Å². The van der Waals surface area contributed by atoms with Crippen molar-refractivity contribution in [2.75, 3.05) is 0 Å². The first-order valence-electron chi connectivity index (χ1n) is 6.82. The summed E-state index contributed by atoms with van der Waals surface area (Å²) in [6.45, 7) is 22.9. The molecule has 18 heavy (non-hydrogen) atoms. The molecule has 0 nitrogen and oxygen atoms in total. The summed E-state index contributed by atoms with van der Waals surface area (Å²) in [5.74, 6) is 0. The smallest absolute Gasteiger partial charge is 0.0724 e. The van der Waals surface area contributed by atoms with E-state index in [0.29, 0.717) is 0 Å². The van der Waals surface area contributed by atoms with Crippen LogP contribution in [0.3, 0.4) is 0 Å². The maximum Gasteiger partial charge on any atom is 0.0724 e. The average molecular weight is 277 g/mol. The van der Waals surface area contributed by atoms with Crippen LogP contribution >= 0.6 is 0 Å². The van der Waals surface area contributed by atoms with Gasteiger partial charge >= 0.3 is 0 Å². The van der Waals surface area contributed by atoms with Gasteiger partial charge in [0, 0.05) is 0 Å². The van der Waals surface area contributed by atoms with E-state index in [2.05, 4.69) is 64.6 Å². The zero-order valence-electron chi connectivity index (χ0n) is 13.0. The van der Waals surface area contributed by atoms with Crippen LogP contribution in [0.1, 0.15) is 12.8 Å². The highest BCUT2D eigenvalue weighted by molar-refractivity contribution is 6.84. The fraction of sp³-hybridized carbons (Fsp3) is 0.500. The minimum absolute atomic E-state index is 1.11. The third-order valence-electron chi connectivity index (χ3n) is 3.70. The van der Waals surface area contributed by atoms with Crippen LogP contribution in [0.25, 0.3) is 0 Å². The largest absolute Gasteiger partial charge is 0.0912 e. The fourth-order valence-electron chi connectivity index (χ4n) is 2.20. The van der Waals surface area contributed by atoms with E-state index < -0.39 is 16.1 Å². The van der Waals surface area contributed by atoms with E-state index in [1.165, 1.54) is 12.8 Å². The molecule has 0 amide bonds. The lowest BCUT2D eigenvalue weighted by Crippen LogP contribution is -2.28. The standard InChI is InChI=1S/C16H28Si2/c1-13-11-15(17(3,4)5)9-10-16(12-14(13)2)18(6,7)8/h11-12H,1-2,9-10H2,3-8H3/b15-11+,16-12+. The molecule has 0 saturated heterocycles. The molecule has 0 atom stereocenters. The molecule has 0 aromatic carbocycles. The summed E-state index contributed by atoms with van der Waals surface area (Å²) in [5, 5.41) is 3.27. The fourth-order valence-corrected chi connectivity index (χ4v) is 5.17. The molecule has 0 unspecified atom stereocenters. The van der Waals surface area contributed by atoms with E-state index in [1.54, 1.807) is 10.4 Å². The molecule has 0 aromatic heterocycles. The van der Waals surface area contributed by atoms with Crippen molar-refractivity contribution in [1.29, 1.82) is 0 Å². The molecule has 0 fully saturated rings. The molecule has 1 rings (SSSR count). The number of rotatable bonds is 2. The van der Waals surface area contributed by atoms with Crippen molar-refractivity contribution >= 4 is 16.1 Å². The first-order chi connectivity index (χ1) is 8.01. The van der Waals surface area contributed by atoms with Crippen molar-refractivity contribution in [2.45, 2.75) is 52.1 Å². The zero-order chi connectivity index (χ0) is 14.1. The molecule has 1 aliphatic carbocycles. The van der Waals surface area contributed by atoms with Crippen molar-refractivity contribution in [3.8, 4) is 0 Å². The molecule has 0 bridgehead atoms. The molecule has 0 N–H and O–H groups in total. The SMILES string of the molecule is C=C1/C=C(/[Si](C)(C)C)CC/C([Si](C)(C)C)=C\C1=C. The van der Waals surface area contributed by atoms with Gasteiger partial charge in [-0.15, -0.1) is 0 Å². The van der Waals surface area contributed by atoms with Crippen LogP contribution in [0.5, 0.6) is 0 Å². The summed E-state index contributed by atoms with van der Waals surface area (Å²) in [6, 6.07) is 0. The second-order valence-electron chi connectivity index (χ2n) is 7.39. The van der Waals surface area contributed by atoms with E-state index in [-0.39, 0.29) is 0 Å². The van der Waals surface area contributed by atoms with Crippen LogP contribution in [0.15, 0.2) is 46.8 Å². The van der Waals surface area contributed by atoms with E-state index >= 15 is 0 Å². The Hall–Kier alpha value is -0.606. The molecule has 1 aliphatic rings. The van der Waals surface area contributed by atoms with E-state index in [0.717, 1.165) is 11.1 Å². The molecule has 0 heterocycles. The lowest BCUT2D eigenvalue weighted by molar-refractivity contribution is 0.983. The van der Waals surface area contributed by atoms with Gasteiger partial charge in [-0.05, 0) is 24.0 Å². The Morgan fingerprint density at radius 2 is 1.00 bits per heavy atom. The zero-order valence-corrected chi connectivity index (χ0v) is 15.0. The van der Waals surface area contributed by atoms with Gasteiger partial charge in [0.2, 0.25) is 0 Å². The molecule has 0 saturated carbocycles. The molecule has 2 heteroatoms. The van der Waals surface area contributed by atoms with Crippen LogP contribution in [0.4, 0.5) is 0 Å². The van der Waals surface area contributed by atoms with Crippen molar-refractivity contribution < 1.29 is 0 Å². The summed E-state index contributed by atoms with van der Waals surface area (Å²) in [6.07, 6.45) is 7.06. The summed E-state index contributed by atoms with van der Waals surface area (Å²) in [7, 11) is -2.45. The van der Waals surface area contributed by atoms with Crippen LogP contribution < -0.4 is 0 Å². The minimum Gasteiger partial charge on any atom is -0.0912 e. The van der Waals surface area contributed by atoms with Crippen LogP contribution in [-0.4, -0.2) is 16.1 Å². The third-order valence-corrected chi connectivity index (χ3v) is 8.34. The maximum atomic E-state index is 4.19. The van der Waals surface area contributed by atoms with Gasteiger partial charge in [0.1, 0.15) is 0 Å². The molecule has 0 radical (unpaired) electrons. The van der Waals surface area contributed by atoms with Gasteiger partial charge in [0.05, 0.1) is 16.1 Å². The highest BCUT2D eigenvalue weighted by atomic mass is 28.3. The normalized spacial score (nSPS) is 24.8. The average Bonchev–Trinajstić information content (AvgIpc) is 2.15. The Bertz CT molecular complexity index is 381. The molecular weight excluding hydrogens is 248 g/mol. The number of hydrogen-bond donors (Lipinski definition) is 0. The Kier molecular flexibility index (Phi) is 4.44. The predicted octanol–water partition coefficient (Wildman–Crippen LogP) is 5.50. The molecule has 0 aliphatic heterocycles. The Morgan fingerprint density at radius 3 is 1.22 bits per heavy atom. The summed E-state index contributed by atoms with van der Waals surface area (Å²) in [4.78, 5) is 0. The number of hydrogen-bond acceptors (Lipinski definition) is 0. The second kappa shape index (κ2) is 5.18. The van der Waals surface area contributed by atoms with E-state index in [4.69, 9.17) is 0 Å². The summed E-state index contributed by atoms with van der Waals surface area (Å²) < 4.78 is 0. The Morgan fingerprint density at radius 1 is 0.722 bits per heavy atom. The van der Waals surface area contributed by atoms with Crippen molar-refractivity contribution in [2.24, 2.45) is 0 Å². The predicted molar refractivity (Wildman–Crippen MR) is 90.4 cm³/mol. The highest BCUT2D eigenvalue weighted by Crippen LogP contribution is 2.31. The van der Waals surface area contributed by atoms with Gasteiger partial charge in [-0.1, -0.05) is 75.0 Å². The lowest BCUT2D eigenvalue weighted by Gasteiger charge is -2.28. The molecular formula is C16H28Si2. The molecule has 0 spiro atoms. The highest BCUT2D eigenvalue weighted by Gasteiger charge is 2.25. The maximum absolute atomic E-state index is 4.19. The lowest BCUT2D eigenvalue weighted by atomic mass is 10.0. The quantitative estimate of drug-likeness (QED) is 0.584. The van der Waals surface area contributed by atoms with Crippen molar-refractivity contribution in [3.05, 3.63) is 46.8 Å². The Balaban J connectivity index is 3.14. The van der Waals surface area contributed by atoms with Crippen LogP contribution in [0, 0.1) is 0 Å². The second-order valence-corrected chi connectivity index (χ2v) is 17.7. The molecule has 0 aromatic rings. The van der Waals surface area contributed by atoms with E-state index in [1.807, 2.05) is 0 Å². The van der Waals surface area contributed by atoms with E-state index in [9.17, 15) is 0 Å². The first kappa shape index (κ1) is 15.5. The van der Waals surface area contributed by atoms with Gasteiger partial charge in [-0.25, -0.2) is 0 Å². The van der Waals surface area contributed by atoms with Gasteiger partial charge in [-0.2, -0.15) is 0 Å². The van der Waals surface area contributed by atoms with Crippen LogP contribution in [-0.2, 0) is 0 Å². The summed E-state index contributed by atoms with van der Waals surface area (Å²) >= 11 is 0. The van der Waals surface area contributed by atoms with Gasteiger partial charge in [-0.3, -0.25) is 0 Å². The number of allylic oxidation sites excluding steroid dienone is 6. The monoisotopic (exact) mass is 276 g/mol. The topological polar surface area (TPSA) is 0 Å². The van der Waals surface area contributed by atoms with Gasteiger partial charge < -0.3 is 0 Å². The first-order valence-corrected chi connectivity index (χ1v) is 13.8. The van der Waals surface area contributed by atoms with Gasteiger partial charge in [0.25, 0.3) is 0 Å². The van der Waals surface area contributed by atoms with Crippen molar-refractivity contribution in [1.82, 2.24) is 0 Å². The minimum atomic E-state index is -1.22.